The van der Waals surface area contributed by atoms with Crippen molar-refractivity contribution in [1.29, 1.82) is 0 Å². The molecule has 0 spiro atoms. The van der Waals surface area contributed by atoms with Crippen LogP contribution in [0, 0.1) is 0 Å². The van der Waals surface area contributed by atoms with Gasteiger partial charge in [0, 0.05) is 39.1 Å². The number of likely N-dealkylation sites (N-methyl/N-ethyl adjacent to an activating group) is 1. The average Bonchev–Trinajstić information content (AvgIpc) is 2.51. The molecule has 0 aromatic heterocycles. The highest BCUT2D eigenvalue weighted by Crippen LogP contribution is 1.98. The highest BCUT2D eigenvalue weighted by atomic mass is 16.5. The van der Waals surface area contributed by atoms with Crippen LogP contribution in [0.5, 0.6) is 0 Å². The molecule has 0 amide bonds. The van der Waals surface area contributed by atoms with Crippen molar-refractivity contribution >= 4 is 17.9 Å². The quantitative estimate of drug-likeness (QED) is 0.443. The third kappa shape index (κ3) is 12.5. The number of aliphatic carboxylic acids is 2. The minimum Gasteiger partial charge on any atom is -0.481 e. The van der Waals surface area contributed by atoms with Crippen molar-refractivity contribution < 1.29 is 29.3 Å². The molecular formula is C15H28N2O6. The smallest absolute Gasteiger partial charge is 0.305 e. The van der Waals surface area contributed by atoms with Gasteiger partial charge in [0.05, 0.1) is 12.8 Å². The molecule has 8 nitrogen and oxygen atoms in total. The van der Waals surface area contributed by atoms with Gasteiger partial charge in [-0.1, -0.05) is 13.8 Å². The third-order valence-corrected chi connectivity index (χ3v) is 3.42. The van der Waals surface area contributed by atoms with E-state index < -0.39 is 11.9 Å². The molecule has 134 valence electrons. The number of carbonyl (C=O) groups excluding carboxylic acids is 1. The molecule has 0 radical (unpaired) electrons. The Kier molecular flexibility index (Phi) is 11.9. The Morgan fingerprint density at radius 1 is 0.826 bits per heavy atom. The van der Waals surface area contributed by atoms with E-state index in [1.54, 1.807) is 6.92 Å². The molecule has 0 aliphatic heterocycles. The lowest BCUT2D eigenvalue weighted by Gasteiger charge is -2.26. The zero-order valence-corrected chi connectivity index (χ0v) is 14.0. The molecule has 0 bridgehead atoms. The molecule has 0 atom stereocenters. The van der Waals surface area contributed by atoms with Gasteiger partial charge in [0.2, 0.25) is 0 Å². The van der Waals surface area contributed by atoms with E-state index in [1.165, 1.54) is 0 Å². The van der Waals surface area contributed by atoms with E-state index in [1.807, 2.05) is 16.7 Å². The number of carbonyl (C=O) groups is 3. The molecule has 0 fully saturated rings. The van der Waals surface area contributed by atoms with Crippen LogP contribution in [0.3, 0.4) is 0 Å². The predicted octanol–water partition coefficient (Wildman–Crippen LogP) is 0.513. The molecule has 0 saturated carbocycles. The first kappa shape index (κ1) is 21.3. The van der Waals surface area contributed by atoms with E-state index in [0.717, 1.165) is 6.54 Å². The lowest BCUT2D eigenvalue weighted by Crippen LogP contribution is -2.38. The van der Waals surface area contributed by atoms with Gasteiger partial charge in [-0.25, -0.2) is 0 Å². The van der Waals surface area contributed by atoms with Crippen LogP contribution in [0.15, 0.2) is 0 Å². The Labute approximate surface area is 137 Å². The van der Waals surface area contributed by atoms with Crippen molar-refractivity contribution in [2.75, 3.05) is 45.9 Å². The normalized spacial score (nSPS) is 11.0. The first-order chi connectivity index (χ1) is 10.9. The zero-order valence-electron chi connectivity index (χ0n) is 14.0. The second-order valence-electron chi connectivity index (χ2n) is 5.14. The molecule has 8 heteroatoms. The molecule has 23 heavy (non-hydrogen) atoms. The maximum absolute atomic E-state index is 11.1. The summed E-state index contributed by atoms with van der Waals surface area (Å²) in [6, 6.07) is 0. The van der Waals surface area contributed by atoms with E-state index >= 15 is 0 Å². The number of hydrogen-bond donors (Lipinski definition) is 2. The van der Waals surface area contributed by atoms with Crippen LogP contribution in [0.4, 0.5) is 0 Å². The van der Waals surface area contributed by atoms with E-state index in [9.17, 15) is 14.4 Å². The zero-order chi connectivity index (χ0) is 17.7. The molecule has 0 rings (SSSR count). The van der Waals surface area contributed by atoms with Crippen molar-refractivity contribution in [3.63, 3.8) is 0 Å². The van der Waals surface area contributed by atoms with Crippen molar-refractivity contribution in [1.82, 2.24) is 9.80 Å². The Morgan fingerprint density at radius 2 is 1.35 bits per heavy atom. The van der Waals surface area contributed by atoms with Gasteiger partial charge in [-0.15, -0.1) is 0 Å². The molecular weight excluding hydrogens is 304 g/mol. The lowest BCUT2D eigenvalue weighted by molar-refractivity contribution is -0.144. The summed E-state index contributed by atoms with van der Waals surface area (Å²) in [5.41, 5.74) is 0. The van der Waals surface area contributed by atoms with Crippen molar-refractivity contribution in [2.45, 2.75) is 33.1 Å². The fourth-order valence-corrected chi connectivity index (χ4v) is 1.94. The fourth-order valence-electron chi connectivity index (χ4n) is 1.94. The molecule has 0 heterocycles. The molecule has 0 aliphatic carbocycles. The van der Waals surface area contributed by atoms with Crippen LogP contribution in [-0.2, 0) is 19.1 Å². The molecule has 2 N–H and O–H groups in total. The van der Waals surface area contributed by atoms with Gasteiger partial charge in [0.1, 0.15) is 6.61 Å². The molecule has 0 aromatic carbocycles. The Morgan fingerprint density at radius 3 is 1.83 bits per heavy atom. The third-order valence-electron chi connectivity index (χ3n) is 3.42. The molecule has 0 unspecified atom stereocenters. The maximum Gasteiger partial charge on any atom is 0.305 e. The van der Waals surface area contributed by atoms with E-state index in [2.05, 4.69) is 0 Å². The first-order valence-electron chi connectivity index (χ1n) is 7.92. The summed E-state index contributed by atoms with van der Waals surface area (Å²) < 4.78 is 5.02. The highest BCUT2D eigenvalue weighted by molar-refractivity contribution is 5.68. The summed E-state index contributed by atoms with van der Waals surface area (Å²) in [5, 5.41) is 17.5. The summed E-state index contributed by atoms with van der Waals surface area (Å²) in [6.07, 6.45) is 0.411. The van der Waals surface area contributed by atoms with Crippen molar-refractivity contribution in [3.05, 3.63) is 0 Å². The van der Waals surface area contributed by atoms with Crippen LogP contribution < -0.4 is 0 Å². The minimum absolute atomic E-state index is 0.0168. The molecule has 0 aliphatic rings. The SMILES string of the molecule is CCC(=O)OCCN(CCC(=O)O)CCN(CC)CCC(=O)O. The number of carboxylic acids is 2. The fraction of sp³-hybridized carbons (Fsp3) is 0.800. The number of rotatable bonds is 14. The van der Waals surface area contributed by atoms with Crippen molar-refractivity contribution in [2.24, 2.45) is 0 Å². The van der Waals surface area contributed by atoms with Crippen LogP contribution >= 0.6 is 0 Å². The van der Waals surface area contributed by atoms with E-state index in [-0.39, 0.29) is 25.4 Å². The van der Waals surface area contributed by atoms with Gasteiger partial charge in [-0.05, 0) is 6.54 Å². The van der Waals surface area contributed by atoms with Gasteiger partial charge in [-0.2, -0.15) is 0 Å². The van der Waals surface area contributed by atoms with Gasteiger partial charge < -0.3 is 19.8 Å². The Hall–Kier alpha value is -1.67. The van der Waals surface area contributed by atoms with Crippen molar-refractivity contribution in [3.8, 4) is 0 Å². The highest BCUT2D eigenvalue weighted by Gasteiger charge is 2.12. The summed E-state index contributed by atoms with van der Waals surface area (Å²) in [6.45, 7) is 7.17. The largest absolute Gasteiger partial charge is 0.481 e. The number of nitrogens with zero attached hydrogens (tertiary/aromatic N) is 2. The van der Waals surface area contributed by atoms with E-state index in [4.69, 9.17) is 14.9 Å². The number of esters is 1. The summed E-state index contributed by atoms with van der Waals surface area (Å²) in [5.74, 6) is -1.99. The standard InChI is InChI=1S/C15H28N2O6/c1-3-15(22)23-12-11-17(8-6-14(20)21)10-9-16(4-2)7-5-13(18)19/h3-12H2,1-2H3,(H,18,19)(H,20,21). The number of carboxylic acid groups (broad SMARTS) is 2. The molecule has 0 saturated heterocycles. The lowest BCUT2D eigenvalue weighted by atomic mass is 10.3. The average molecular weight is 332 g/mol. The monoisotopic (exact) mass is 332 g/mol. The number of hydrogen-bond acceptors (Lipinski definition) is 6. The second kappa shape index (κ2) is 12.8. The van der Waals surface area contributed by atoms with Crippen LogP contribution in [0.25, 0.3) is 0 Å². The van der Waals surface area contributed by atoms with Gasteiger partial charge in [0.25, 0.3) is 0 Å². The maximum atomic E-state index is 11.1. The summed E-state index contributed by atoms with van der Waals surface area (Å²) >= 11 is 0. The van der Waals surface area contributed by atoms with Gasteiger partial charge in [0.15, 0.2) is 0 Å². The number of ether oxygens (including phenoxy) is 1. The van der Waals surface area contributed by atoms with Gasteiger partial charge in [-0.3, -0.25) is 19.3 Å². The topological polar surface area (TPSA) is 107 Å². The van der Waals surface area contributed by atoms with Gasteiger partial charge >= 0.3 is 17.9 Å². The summed E-state index contributed by atoms with van der Waals surface area (Å²) in [7, 11) is 0. The van der Waals surface area contributed by atoms with Crippen LogP contribution in [-0.4, -0.2) is 83.8 Å². The Bertz CT molecular complexity index is 375. The second-order valence-corrected chi connectivity index (χ2v) is 5.14. The van der Waals surface area contributed by atoms with E-state index in [0.29, 0.717) is 39.1 Å². The molecule has 0 aromatic rings. The minimum atomic E-state index is -0.876. The summed E-state index contributed by atoms with van der Waals surface area (Å²) in [4.78, 5) is 36.4. The Balaban J connectivity index is 4.28. The first-order valence-corrected chi connectivity index (χ1v) is 7.92. The van der Waals surface area contributed by atoms with Crippen LogP contribution in [0.2, 0.25) is 0 Å². The predicted molar refractivity (Wildman–Crippen MR) is 84.3 cm³/mol. The van der Waals surface area contributed by atoms with Crippen LogP contribution in [0.1, 0.15) is 33.1 Å².